The Morgan fingerprint density at radius 3 is 1.82 bits per heavy atom. The molecule has 344 valence electrons. The maximum absolute atomic E-state index is 12.7. The van der Waals surface area contributed by atoms with E-state index >= 15 is 0 Å². The number of furan rings is 1. The molecule has 12 heteroatoms. The number of aryl methyl sites for hydroxylation is 2. The van der Waals surface area contributed by atoms with Gasteiger partial charge >= 0.3 is 19.8 Å². The molecular weight excluding hydrogens is 781 g/mol. The van der Waals surface area contributed by atoms with E-state index in [9.17, 15) is 24.2 Å². The summed E-state index contributed by atoms with van der Waals surface area (Å²) < 4.78 is 40.4. The Kier molecular flexibility index (Phi) is 31.1. The molecule has 0 bridgehead atoms. The number of nitrogens with zero attached hydrogens (tertiary/aromatic N) is 1. The van der Waals surface area contributed by atoms with Crippen molar-refractivity contribution in [3.05, 3.63) is 71.3 Å². The molecule has 0 aliphatic rings. The largest absolute Gasteiger partial charge is 0.472 e. The minimum absolute atomic E-state index is 0.00684. The molecule has 1 aromatic heterocycles. The molecule has 1 unspecified atom stereocenters. The first-order chi connectivity index (χ1) is 28.7. The van der Waals surface area contributed by atoms with Crippen LogP contribution in [0.5, 0.6) is 0 Å². The Morgan fingerprint density at radius 2 is 1.23 bits per heavy atom. The van der Waals surface area contributed by atoms with Crippen LogP contribution in [-0.2, 0) is 45.5 Å². The van der Waals surface area contributed by atoms with Gasteiger partial charge in [0, 0.05) is 25.7 Å². The predicted octanol–water partition coefficient (Wildman–Crippen LogP) is 11.3. The van der Waals surface area contributed by atoms with E-state index in [1.54, 1.807) is 0 Å². The molecule has 11 nitrogen and oxygen atoms in total. The smallest absolute Gasteiger partial charge is 0.466 e. The van der Waals surface area contributed by atoms with Crippen molar-refractivity contribution in [1.29, 1.82) is 0 Å². The quantitative estimate of drug-likeness (QED) is 0.0218. The topological polar surface area (TPSA) is 142 Å². The summed E-state index contributed by atoms with van der Waals surface area (Å²) in [6.07, 6.45) is 33.8. The maximum atomic E-state index is 12.7. The highest BCUT2D eigenvalue weighted by Gasteiger charge is 2.27. The van der Waals surface area contributed by atoms with Crippen LogP contribution in [0.1, 0.15) is 158 Å². The first-order valence-electron chi connectivity index (χ1n) is 22.8. The van der Waals surface area contributed by atoms with Crippen LogP contribution in [-0.4, -0.2) is 86.1 Å². The fourth-order valence-corrected chi connectivity index (χ4v) is 6.95. The molecule has 0 saturated heterocycles. The molecule has 0 aliphatic heterocycles. The van der Waals surface area contributed by atoms with Crippen molar-refractivity contribution in [2.75, 3.05) is 47.5 Å². The van der Waals surface area contributed by atoms with Crippen LogP contribution >= 0.6 is 7.82 Å². The summed E-state index contributed by atoms with van der Waals surface area (Å²) in [5, 5.41) is 9.58. The van der Waals surface area contributed by atoms with Gasteiger partial charge in [-0.1, -0.05) is 101 Å². The van der Waals surface area contributed by atoms with Gasteiger partial charge in [0.2, 0.25) is 0 Å². The van der Waals surface area contributed by atoms with Gasteiger partial charge in [-0.05, 0) is 95.6 Å². The molecule has 0 aliphatic carbocycles. The van der Waals surface area contributed by atoms with Gasteiger partial charge in [0.25, 0.3) is 0 Å². The lowest BCUT2D eigenvalue weighted by molar-refractivity contribution is -0.870. The number of esters is 2. The molecule has 0 aromatic carbocycles. The summed E-state index contributed by atoms with van der Waals surface area (Å²) in [7, 11) is 1.39. The molecular formula is C48H83NO10P+. The summed E-state index contributed by atoms with van der Waals surface area (Å²) in [6.45, 7) is 8.28. The SMILES string of the molecule is CCCc1oc(CCCCCCCCCCC(=O)OC[C@H](COP(=O)(O)OCC[N+](C)(C)C)OC(=O)CCC/C=C\C/C=C\C/C=C\C/C=C\CC[C@H](O)CC)c(C)c1C. The first-order valence-corrected chi connectivity index (χ1v) is 24.3. The van der Waals surface area contributed by atoms with Crippen molar-refractivity contribution < 1.29 is 51.6 Å². The lowest BCUT2D eigenvalue weighted by Gasteiger charge is -2.24. The lowest BCUT2D eigenvalue weighted by atomic mass is 10.0. The average Bonchev–Trinajstić information content (AvgIpc) is 3.46. The van der Waals surface area contributed by atoms with Gasteiger partial charge in [-0.25, -0.2) is 4.57 Å². The number of phosphoric acid groups is 1. The van der Waals surface area contributed by atoms with Crippen LogP contribution in [0.4, 0.5) is 0 Å². The number of carbonyl (C=O) groups is 2. The van der Waals surface area contributed by atoms with Crippen molar-refractivity contribution in [2.24, 2.45) is 0 Å². The molecule has 1 aromatic rings. The second kappa shape index (κ2) is 33.8. The average molecular weight is 865 g/mol. The van der Waals surface area contributed by atoms with E-state index in [0.29, 0.717) is 30.3 Å². The van der Waals surface area contributed by atoms with Gasteiger partial charge in [0.15, 0.2) is 6.10 Å². The molecule has 1 heterocycles. The van der Waals surface area contributed by atoms with Crippen LogP contribution in [0.2, 0.25) is 0 Å². The Morgan fingerprint density at radius 1 is 0.700 bits per heavy atom. The summed E-state index contributed by atoms with van der Waals surface area (Å²) in [4.78, 5) is 35.5. The number of ether oxygens (including phenoxy) is 2. The van der Waals surface area contributed by atoms with E-state index in [1.165, 1.54) is 30.4 Å². The molecule has 60 heavy (non-hydrogen) atoms. The van der Waals surface area contributed by atoms with Gasteiger partial charge in [-0.2, -0.15) is 0 Å². The predicted molar refractivity (Wildman–Crippen MR) is 243 cm³/mol. The van der Waals surface area contributed by atoms with E-state index in [-0.39, 0.29) is 32.2 Å². The van der Waals surface area contributed by atoms with Gasteiger partial charge in [-0.15, -0.1) is 0 Å². The standard InChI is InChI=1S/C48H82NO10P/c1-8-32-45-41(3)42(4)46(59-45)34-29-25-21-18-19-22-26-30-35-47(51)55-39-44(40-57-60(53,54)56-38-37-49(5,6)7)58-48(52)36-31-27-23-17-15-13-11-10-12-14-16-20-24-28-33-43(50)9-2/h11-14,17,20,23-24,43-44,50H,8-10,15-16,18-19,21-22,25-40H2,1-7H3/p+1/b13-11-,14-12-,23-17-,24-20-/t43-,44-/m1/s1. The number of phosphoric ester groups is 1. The van der Waals surface area contributed by atoms with Crippen LogP contribution in [0.15, 0.2) is 53.0 Å². The van der Waals surface area contributed by atoms with E-state index in [2.05, 4.69) is 63.3 Å². The second-order valence-corrected chi connectivity index (χ2v) is 18.3. The zero-order chi connectivity index (χ0) is 44.5. The number of unbranched alkanes of at least 4 members (excludes halogenated alkanes) is 8. The normalized spacial score (nSPS) is 14.5. The highest BCUT2D eigenvalue weighted by molar-refractivity contribution is 7.47. The van der Waals surface area contributed by atoms with E-state index in [0.717, 1.165) is 95.0 Å². The van der Waals surface area contributed by atoms with Crippen molar-refractivity contribution >= 4 is 19.8 Å². The Balaban J connectivity index is 2.37. The van der Waals surface area contributed by atoms with Crippen molar-refractivity contribution in [1.82, 2.24) is 0 Å². The number of aliphatic hydroxyl groups excluding tert-OH is 1. The zero-order valence-electron chi connectivity index (χ0n) is 38.5. The maximum Gasteiger partial charge on any atom is 0.472 e. The molecule has 3 atom stereocenters. The van der Waals surface area contributed by atoms with E-state index in [4.69, 9.17) is 22.9 Å². The van der Waals surface area contributed by atoms with Crippen LogP contribution < -0.4 is 0 Å². The third-order valence-corrected chi connectivity index (χ3v) is 11.2. The number of carbonyl (C=O) groups excluding carboxylic acids is 2. The minimum Gasteiger partial charge on any atom is -0.466 e. The molecule has 0 spiro atoms. The first kappa shape index (κ1) is 55.2. The van der Waals surface area contributed by atoms with Crippen LogP contribution in [0.25, 0.3) is 0 Å². The Bertz CT molecular complexity index is 1460. The van der Waals surface area contributed by atoms with E-state index < -0.39 is 32.5 Å². The number of rotatable bonds is 37. The molecule has 1 rings (SSSR count). The number of hydrogen-bond acceptors (Lipinski definition) is 9. The van der Waals surface area contributed by atoms with Crippen molar-refractivity contribution in [3.63, 3.8) is 0 Å². The van der Waals surface area contributed by atoms with Gasteiger partial charge in [0.1, 0.15) is 31.3 Å². The summed E-state index contributed by atoms with van der Waals surface area (Å²) >= 11 is 0. The summed E-state index contributed by atoms with van der Waals surface area (Å²) in [5.41, 5.74) is 2.62. The third kappa shape index (κ3) is 30.3. The minimum atomic E-state index is -4.41. The molecule has 0 amide bonds. The van der Waals surface area contributed by atoms with Gasteiger partial charge in [-0.3, -0.25) is 18.6 Å². The van der Waals surface area contributed by atoms with Gasteiger partial charge < -0.3 is 28.4 Å². The van der Waals surface area contributed by atoms with E-state index in [1.807, 2.05) is 34.1 Å². The van der Waals surface area contributed by atoms with Crippen molar-refractivity contribution in [2.45, 2.75) is 175 Å². The third-order valence-electron chi connectivity index (χ3n) is 10.2. The second-order valence-electron chi connectivity index (χ2n) is 16.8. The van der Waals surface area contributed by atoms with Crippen molar-refractivity contribution in [3.8, 4) is 0 Å². The lowest BCUT2D eigenvalue weighted by Crippen LogP contribution is -2.37. The highest BCUT2D eigenvalue weighted by Crippen LogP contribution is 2.43. The highest BCUT2D eigenvalue weighted by atomic mass is 31.2. The number of allylic oxidation sites excluding steroid dienone is 8. The van der Waals surface area contributed by atoms with Crippen LogP contribution in [0, 0.1) is 13.8 Å². The molecule has 0 saturated carbocycles. The number of quaternary nitrogens is 1. The Labute approximate surface area is 363 Å². The number of aliphatic hydroxyl groups is 1. The monoisotopic (exact) mass is 865 g/mol. The fraction of sp³-hybridized carbons (Fsp3) is 0.708. The number of likely N-dealkylation sites (N-methyl/N-ethyl adjacent to an activating group) is 1. The zero-order valence-corrected chi connectivity index (χ0v) is 39.4. The molecule has 0 radical (unpaired) electrons. The molecule has 2 N–H and O–H groups in total. The van der Waals surface area contributed by atoms with Crippen LogP contribution in [0.3, 0.4) is 0 Å². The fourth-order valence-electron chi connectivity index (χ4n) is 6.21. The van der Waals surface area contributed by atoms with Gasteiger partial charge in [0.05, 0.1) is 33.9 Å². The number of hydrogen-bond donors (Lipinski definition) is 2. The Hall–Kier alpha value is -2.79. The summed E-state index contributed by atoms with van der Waals surface area (Å²) in [6, 6.07) is 0. The molecule has 0 fully saturated rings. The summed E-state index contributed by atoms with van der Waals surface area (Å²) in [5.74, 6) is 1.38.